The van der Waals surface area contributed by atoms with Crippen LogP contribution in [0, 0.1) is 23.7 Å². The van der Waals surface area contributed by atoms with E-state index in [0.717, 1.165) is 51.5 Å². The van der Waals surface area contributed by atoms with Gasteiger partial charge in [0.15, 0.2) is 0 Å². The molecule has 0 heterocycles. The molecule has 0 bridgehead atoms. The van der Waals surface area contributed by atoms with Gasteiger partial charge in [-0.05, 0) is 88.9 Å². The highest BCUT2D eigenvalue weighted by atomic mass is 16.5. The Morgan fingerprint density at radius 3 is 1.11 bits per heavy atom. The van der Waals surface area contributed by atoms with Crippen LogP contribution in [0.25, 0.3) is 0 Å². The van der Waals surface area contributed by atoms with E-state index in [1.807, 2.05) is 0 Å². The number of ether oxygens (including phenoxy) is 4. The first-order chi connectivity index (χ1) is 13.7. The van der Waals surface area contributed by atoms with Gasteiger partial charge in [0.05, 0.1) is 25.7 Å². The van der Waals surface area contributed by atoms with Gasteiger partial charge in [-0.2, -0.15) is 0 Å². The van der Waals surface area contributed by atoms with Crippen molar-refractivity contribution in [3.63, 3.8) is 0 Å². The molecule has 0 aromatic rings. The number of hydrogen-bond donors (Lipinski definition) is 0. The first-order valence-corrected chi connectivity index (χ1v) is 11.3. The molecular formula is C24H44O4. The van der Waals surface area contributed by atoms with Crippen LogP contribution in [0.2, 0.25) is 0 Å². The summed E-state index contributed by atoms with van der Waals surface area (Å²) in [6.07, 6.45) is 13.4. The normalized spacial score (nSPS) is 27.2. The minimum Gasteiger partial charge on any atom is -0.502 e. The van der Waals surface area contributed by atoms with Crippen molar-refractivity contribution in [2.75, 3.05) is 39.6 Å². The fourth-order valence-corrected chi connectivity index (χ4v) is 4.11. The van der Waals surface area contributed by atoms with E-state index in [9.17, 15) is 0 Å². The van der Waals surface area contributed by atoms with Gasteiger partial charge in [0.25, 0.3) is 0 Å². The number of rotatable bonds is 12. The van der Waals surface area contributed by atoms with Gasteiger partial charge < -0.3 is 18.9 Å². The van der Waals surface area contributed by atoms with Gasteiger partial charge in [0.1, 0.15) is 0 Å². The van der Waals surface area contributed by atoms with Crippen LogP contribution < -0.4 is 0 Å². The van der Waals surface area contributed by atoms with E-state index in [2.05, 4.69) is 27.0 Å². The van der Waals surface area contributed by atoms with Crippen molar-refractivity contribution < 1.29 is 18.9 Å². The molecule has 164 valence electrons. The van der Waals surface area contributed by atoms with Crippen molar-refractivity contribution >= 4 is 0 Å². The molecule has 0 atom stereocenters. The minimum absolute atomic E-state index is 0.716. The van der Waals surface area contributed by atoms with E-state index in [-0.39, 0.29) is 0 Å². The lowest BCUT2D eigenvalue weighted by Crippen LogP contribution is -2.21. The van der Waals surface area contributed by atoms with Crippen LogP contribution in [0.5, 0.6) is 0 Å². The summed E-state index contributed by atoms with van der Waals surface area (Å²) in [5.74, 6) is 3.06. The van der Waals surface area contributed by atoms with Crippen molar-refractivity contribution in [3.8, 4) is 0 Å². The fourth-order valence-electron chi connectivity index (χ4n) is 4.11. The lowest BCUT2D eigenvalue weighted by atomic mass is 9.83. The maximum atomic E-state index is 5.46. The number of hydrogen-bond acceptors (Lipinski definition) is 4. The Hall–Kier alpha value is -1.00. The van der Waals surface area contributed by atoms with Gasteiger partial charge in [-0.1, -0.05) is 13.2 Å². The zero-order valence-electron chi connectivity index (χ0n) is 18.4. The Morgan fingerprint density at radius 1 is 0.571 bits per heavy atom. The summed E-state index contributed by atoms with van der Waals surface area (Å²) in [6, 6.07) is 0. The standard InChI is InChI=1S/C12H24O2.C12H20O2/c2*1-3-13-9-11-5-7-12(8-6-11)10-14-4-2/h11-12H,3-10H2,1-2H3;3-4,11-12H,1-2,5-10H2. The van der Waals surface area contributed by atoms with E-state index in [1.165, 1.54) is 63.9 Å². The Kier molecular flexibility index (Phi) is 15.1. The van der Waals surface area contributed by atoms with Crippen molar-refractivity contribution in [2.24, 2.45) is 23.7 Å². The third kappa shape index (κ3) is 11.8. The molecule has 0 aliphatic heterocycles. The molecule has 0 unspecified atom stereocenters. The van der Waals surface area contributed by atoms with Gasteiger partial charge in [0, 0.05) is 26.4 Å². The van der Waals surface area contributed by atoms with Crippen LogP contribution in [0.3, 0.4) is 0 Å². The quantitative estimate of drug-likeness (QED) is 0.380. The molecule has 0 N–H and O–H groups in total. The first-order valence-electron chi connectivity index (χ1n) is 11.3. The summed E-state index contributed by atoms with van der Waals surface area (Å²) in [7, 11) is 0. The van der Waals surface area contributed by atoms with Crippen LogP contribution >= 0.6 is 0 Å². The van der Waals surface area contributed by atoms with Crippen molar-refractivity contribution in [3.05, 3.63) is 25.7 Å². The zero-order chi connectivity index (χ0) is 20.5. The van der Waals surface area contributed by atoms with Gasteiger partial charge in [-0.15, -0.1) is 0 Å². The monoisotopic (exact) mass is 396 g/mol. The molecule has 4 heteroatoms. The maximum Gasteiger partial charge on any atom is 0.0901 e. The van der Waals surface area contributed by atoms with E-state index < -0.39 is 0 Å². The molecule has 2 aliphatic rings. The lowest BCUT2D eigenvalue weighted by Gasteiger charge is -2.27. The Balaban J connectivity index is 0.000000280. The molecule has 2 fully saturated rings. The molecular weight excluding hydrogens is 352 g/mol. The summed E-state index contributed by atoms with van der Waals surface area (Å²) in [4.78, 5) is 0. The lowest BCUT2D eigenvalue weighted by molar-refractivity contribution is 0.0573. The summed E-state index contributed by atoms with van der Waals surface area (Å²) in [6.45, 7) is 16.6. The molecule has 2 rings (SSSR count). The highest BCUT2D eigenvalue weighted by Gasteiger charge is 2.22. The molecule has 0 aromatic heterocycles. The summed E-state index contributed by atoms with van der Waals surface area (Å²) in [5, 5.41) is 0. The van der Waals surface area contributed by atoms with Gasteiger partial charge in [-0.25, -0.2) is 0 Å². The van der Waals surface area contributed by atoms with Crippen LogP contribution in [0.4, 0.5) is 0 Å². The van der Waals surface area contributed by atoms with Crippen LogP contribution in [-0.2, 0) is 18.9 Å². The second kappa shape index (κ2) is 16.9. The molecule has 2 aliphatic carbocycles. The smallest absolute Gasteiger partial charge is 0.0901 e. The molecule has 0 aromatic carbocycles. The highest BCUT2D eigenvalue weighted by Crippen LogP contribution is 2.30. The van der Waals surface area contributed by atoms with Crippen LogP contribution in [0.1, 0.15) is 65.2 Å². The summed E-state index contributed by atoms with van der Waals surface area (Å²) in [5.41, 5.74) is 0. The second-order valence-corrected chi connectivity index (χ2v) is 8.09. The van der Waals surface area contributed by atoms with Crippen molar-refractivity contribution in [2.45, 2.75) is 65.2 Å². The van der Waals surface area contributed by atoms with E-state index in [1.54, 1.807) is 0 Å². The Labute approximate surface area is 173 Å². The van der Waals surface area contributed by atoms with Crippen molar-refractivity contribution in [1.29, 1.82) is 0 Å². The Morgan fingerprint density at radius 2 is 0.857 bits per heavy atom. The molecule has 4 nitrogen and oxygen atoms in total. The van der Waals surface area contributed by atoms with E-state index in [4.69, 9.17) is 18.9 Å². The van der Waals surface area contributed by atoms with E-state index >= 15 is 0 Å². The molecule has 0 spiro atoms. The highest BCUT2D eigenvalue weighted by molar-refractivity contribution is 4.74. The summed E-state index contributed by atoms with van der Waals surface area (Å²) >= 11 is 0. The third-order valence-electron chi connectivity index (χ3n) is 5.95. The van der Waals surface area contributed by atoms with Crippen LogP contribution in [0.15, 0.2) is 25.7 Å². The van der Waals surface area contributed by atoms with E-state index in [0.29, 0.717) is 11.8 Å². The minimum atomic E-state index is 0.716. The molecule has 0 amide bonds. The van der Waals surface area contributed by atoms with Gasteiger partial charge >= 0.3 is 0 Å². The maximum absolute atomic E-state index is 5.46. The predicted octanol–water partition coefficient (Wildman–Crippen LogP) is 5.98. The molecule has 28 heavy (non-hydrogen) atoms. The topological polar surface area (TPSA) is 36.9 Å². The summed E-state index contributed by atoms with van der Waals surface area (Å²) < 4.78 is 21.3. The largest absolute Gasteiger partial charge is 0.502 e. The van der Waals surface area contributed by atoms with Gasteiger partial charge in [-0.3, -0.25) is 0 Å². The predicted molar refractivity (Wildman–Crippen MR) is 116 cm³/mol. The van der Waals surface area contributed by atoms with Crippen LogP contribution in [-0.4, -0.2) is 39.6 Å². The second-order valence-electron chi connectivity index (χ2n) is 8.09. The average molecular weight is 397 g/mol. The molecule has 0 saturated heterocycles. The SMILES string of the molecule is C=COCC1CCC(COC=C)CC1.CCOCC1CCC(COCC)CC1. The Bertz CT molecular complexity index is 333. The molecule has 2 saturated carbocycles. The third-order valence-corrected chi connectivity index (χ3v) is 5.95. The first kappa shape index (κ1) is 25.0. The fraction of sp³-hybridized carbons (Fsp3) is 0.833. The van der Waals surface area contributed by atoms with Crippen molar-refractivity contribution in [1.82, 2.24) is 0 Å². The zero-order valence-corrected chi connectivity index (χ0v) is 18.4. The van der Waals surface area contributed by atoms with Gasteiger partial charge in [0.2, 0.25) is 0 Å². The molecule has 0 radical (unpaired) electrons. The average Bonchev–Trinajstić information content (AvgIpc) is 2.75.